The summed E-state index contributed by atoms with van der Waals surface area (Å²) >= 11 is 3.22. The van der Waals surface area contributed by atoms with E-state index in [9.17, 15) is 9.59 Å². The number of H-pyrrole nitrogens is 1. The minimum Gasteiger partial charge on any atom is -0.417 e. The van der Waals surface area contributed by atoms with Gasteiger partial charge in [0, 0.05) is 4.47 Å². The van der Waals surface area contributed by atoms with Crippen LogP contribution in [0.5, 0.6) is 0 Å². The number of aromatic nitrogens is 1. The van der Waals surface area contributed by atoms with Crippen molar-refractivity contribution in [2.24, 2.45) is 0 Å². The van der Waals surface area contributed by atoms with Gasteiger partial charge in [-0.15, -0.1) is 0 Å². The average Bonchev–Trinajstić information content (AvgIpc) is 2.08. The number of halogens is 1. The molecule has 1 N–H and O–H groups in total. The average molecular weight is 242 g/mol. The van der Waals surface area contributed by atoms with Crippen LogP contribution < -0.4 is 11.2 Å². The Morgan fingerprint density at radius 1 is 1.31 bits per heavy atom. The molecule has 2 rings (SSSR count). The lowest BCUT2D eigenvalue weighted by atomic mass is 10.3. The maximum absolute atomic E-state index is 10.8. The standard InChI is InChI=1S/C8H4BrNO3/c9-4-1-2-5-6(3-4)13-8(12)7(11)10-5/h1-3H,(H,10,11). The van der Waals surface area contributed by atoms with Crippen molar-refractivity contribution in [2.75, 3.05) is 0 Å². The Labute approximate surface area is 80.3 Å². The highest BCUT2D eigenvalue weighted by Crippen LogP contribution is 2.15. The van der Waals surface area contributed by atoms with E-state index in [1.54, 1.807) is 18.2 Å². The van der Waals surface area contributed by atoms with E-state index in [1.165, 1.54) is 0 Å². The van der Waals surface area contributed by atoms with Crippen molar-refractivity contribution in [3.8, 4) is 0 Å². The van der Waals surface area contributed by atoms with E-state index in [0.717, 1.165) is 4.47 Å². The van der Waals surface area contributed by atoms with Gasteiger partial charge in [-0.05, 0) is 18.2 Å². The summed E-state index contributed by atoms with van der Waals surface area (Å²) in [5, 5.41) is 0. The lowest BCUT2D eigenvalue weighted by Gasteiger charge is -1.94. The van der Waals surface area contributed by atoms with Crippen molar-refractivity contribution < 1.29 is 4.42 Å². The first-order valence-corrected chi connectivity index (χ1v) is 4.29. The molecule has 0 spiro atoms. The summed E-state index contributed by atoms with van der Waals surface area (Å²) in [6.45, 7) is 0. The largest absolute Gasteiger partial charge is 0.417 e. The molecule has 1 aromatic carbocycles. The molecule has 5 heteroatoms. The van der Waals surface area contributed by atoms with E-state index < -0.39 is 11.2 Å². The molecule has 0 bridgehead atoms. The fourth-order valence-electron chi connectivity index (χ4n) is 1.00. The molecule has 1 aromatic heterocycles. The first-order valence-electron chi connectivity index (χ1n) is 3.49. The van der Waals surface area contributed by atoms with Crippen LogP contribution in [0.4, 0.5) is 0 Å². The normalized spacial score (nSPS) is 10.5. The van der Waals surface area contributed by atoms with Crippen molar-refractivity contribution >= 4 is 27.0 Å². The number of aromatic amines is 1. The molecule has 4 nitrogen and oxygen atoms in total. The number of fused-ring (bicyclic) bond motifs is 1. The Morgan fingerprint density at radius 3 is 2.85 bits per heavy atom. The maximum Gasteiger partial charge on any atom is 0.402 e. The van der Waals surface area contributed by atoms with Gasteiger partial charge in [0.2, 0.25) is 0 Å². The number of rotatable bonds is 0. The molecular weight excluding hydrogens is 238 g/mol. The molecule has 0 radical (unpaired) electrons. The van der Waals surface area contributed by atoms with Crippen LogP contribution in [0.1, 0.15) is 0 Å². The smallest absolute Gasteiger partial charge is 0.402 e. The molecule has 0 saturated carbocycles. The van der Waals surface area contributed by atoms with Crippen molar-refractivity contribution in [3.05, 3.63) is 43.4 Å². The minimum absolute atomic E-state index is 0.360. The second-order valence-electron chi connectivity index (χ2n) is 2.48. The molecular formula is C8H4BrNO3. The van der Waals surface area contributed by atoms with Gasteiger partial charge in [-0.1, -0.05) is 15.9 Å². The molecule has 0 fully saturated rings. The van der Waals surface area contributed by atoms with Crippen molar-refractivity contribution in [2.45, 2.75) is 0 Å². The van der Waals surface area contributed by atoms with Gasteiger partial charge in [-0.3, -0.25) is 4.79 Å². The molecule has 0 saturated heterocycles. The Balaban J connectivity index is 2.97. The van der Waals surface area contributed by atoms with Crippen LogP contribution in [0.2, 0.25) is 0 Å². The van der Waals surface area contributed by atoms with E-state index >= 15 is 0 Å². The van der Waals surface area contributed by atoms with E-state index in [2.05, 4.69) is 20.9 Å². The summed E-state index contributed by atoms with van der Waals surface area (Å²) in [7, 11) is 0. The molecule has 0 unspecified atom stereocenters. The first kappa shape index (κ1) is 8.25. The molecule has 0 aliphatic heterocycles. The third-order valence-electron chi connectivity index (χ3n) is 1.58. The van der Waals surface area contributed by atoms with Crippen LogP contribution in [0.15, 0.2) is 36.7 Å². The number of benzene rings is 1. The number of hydrogen-bond donors (Lipinski definition) is 1. The minimum atomic E-state index is -0.884. The second kappa shape index (κ2) is 2.85. The van der Waals surface area contributed by atoms with Crippen LogP contribution >= 0.6 is 15.9 Å². The summed E-state index contributed by atoms with van der Waals surface area (Å²) in [4.78, 5) is 24.1. The molecule has 2 aromatic rings. The van der Waals surface area contributed by atoms with Gasteiger partial charge in [-0.2, -0.15) is 0 Å². The highest BCUT2D eigenvalue weighted by molar-refractivity contribution is 9.10. The van der Waals surface area contributed by atoms with E-state index in [0.29, 0.717) is 11.1 Å². The summed E-state index contributed by atoms with van der Waals surface area (Å²) in [6.07, 6.45) is 0. The Morgan fingerprint density at radius 2 is 2.08 bits per heavy atom. The van der Waals surface area contributed by atoms with E-state index in [-0.39, 0.29) is 0 Å². The van der Waals surface area contributed by atoms with E-state index in [4.69, 9.17) is 4.42 Å². The zero-order chi connectivity index (χ0) is 9.42. The Kier molecular flexibility index (Phi) is 1.81. The van der Waals surface area contributed by atoms with Crippen LogP contribution in [-0.2, 0) is 0 Å². The highest BCUT2D eigenvalue weighted by atomic mass is 79.9. The molecule has 0 aliphatic carbocycles. The van der Waals surface area contributed by atoms with Crippen LogP contribution in [0, 0.1) is 0 Å². The van der Waals surface area contributed by atoms with E-state index in [1.807, 2.05) is 0 Å². The number of nitrogens with one attached hydrogen (secondary N) is 1. The van der Waals surface area contributed by atoms with Crippen LogP contribution in [0.25, 0.3) is 11.1 Å². The molecule has 0 amide bonds. The summed E-state index contributed by atoms with van der Waals surface area (Å²) < 4.78 is 5.53. The predicted molar refractivity (Wildman–Crippen MR) is 50.8 cm³/mol. The monoisotopic (exact) mass is 241 g/mol. The highest BCUT2D eigenvalue weighted by Gasteiger charge is 2.01. The molecule has 0 aliphatic rings. The van der Waals surface area contributed by atoms with Gasteiger partial charge in [0.15, 0.2) is 5.58 Å². The van der Waals surface area contributed by atoms with Crippen LogP contribution in [-0.4, -0.2) is 4.98 Å². The summed E-state index contributed by atoms with van der Waals surface area (Å²) in [5.74, 6) is 0. The van der Waals surface area contributed by atoms with Gasteiger partial charge in [-0.25, -0.2) is 4.79 Å². The molecule has 66 valence electrons. The van der Waals surface area contributed by atoms with Crippen molar-refractivity contribution in [1.82, 2.24) is 4.98 Å². The lowest BCUT2D eigenvalue weighted by molar-refractivity contribution is 0.546. The third-order valence-corrected chi connectivity index (χ3v) is 2.07. The Bertz CT molecular complexity index is 569. The third kappa shape index (κ3) is 1.42. The second-order valence-corrected chi connectivity index (χ2v) is 3.40. The van der Waals surface area contributed by atoms with Gasteiger partial charge < -0.3 is 9.40 Å². The number of hydrogen-bond acceptors (Lipinski definition) is 3. The maximum atomic E-state index is 10.8. The molecule has 1 heterocycles. The summed E-state index contributed by atoms with van der Waals surface area (Å²) in [6, 6.07) is 5.02. The SMILES string of the molecule is O=c1[nH]c2ccc(Br)cc2oc1=O. The van der Waals surface area contributed by atoms with Gasteiger partial charge >= 0.3 is 11.2 Å². The van der Waals surface area contributed by atoms with Gasteiger partial charge in [0.25, 0.3) is 0 Å². The fraction of sp³-hybridized carbons (Fsp3) is 0. The predicted octanol–water partition coefficient (Wildman–Crippen LogP) is 1.24. The summed E-state index contributed by atoms with van der Waals surface area (Å²) in [5.41, 5.74) is -0.757. The quantitative estimate of drug-likeness (QED) is 0.707. The molecule has 0 atom stereocenters. The van der Waals surface area contributed by atoms with Crippen molar-refractivity contribution in [3.63, 3.8) is 0 Å². The van der Waals surface area contributed by atoms with Gasteiger partial charge in [0.05, 0.1) is 5.52 Å². The van der Waals surface area contributed by atoms with Crippen molar-refractivity contribution in [1.29, 1.82) is 0 Å². The zero-order valence-corrected chi connectivity index (χ0v) is 7.92. The fourth-order valence-corrected chi connectivity index (χ4v) is 1.34. The van der Waals surface area contributed by atoms with Crippen LogP contribution in [0.3, 0.4) is 0 Å². The lowest BCUT2D eigenvalue weighted by Crippen LogP contribution is -2.25. The van der Waals surface area contributed by atoms with Gasteiger partial charge in [0.1, 0.15) is 0 Å². The first-order chi connectivity index (χ1) is 6.16. The topological polar surface area (TPSA) is 63.1 Å². The zero-order valence-electron chi connectivity index (χ0n) is 6.33. The Hall–Kier alpha value is -1.36. The molecule has 13 heavy (non-hydrogen) atoms.